The van der Waals surface area contributed by atoms with Gasteiger partial charge in [0.15, 0.2) is 18.1 Å². The number of nitrogens with zero attached hydrogens (tertiary/aromatic N) is 2. The second-order valence-corrected chi connectivity index (χ2v) is 5.90. The predicted octanol–water partition coefficient (Wildman–Crippen LogP) is 3.77. The summed E-state index contributed by atoms with van der Waals surface area (Å²) in [7, 11) is 4.36. The van der Waals surface area contributed by atoms with Gasteiger partial charge in [0.25, 0.3) is 5.89 Å². The molecule has 0 aliphatic carbocycles. The van der Waals surface area contributed by atoms with Crippen LogP contribution in [-0.2, 0) is 11.3 Å². The number of methoxy groups -OCH3 is 3. The molecule has 9 heteroatoms. The lowest BCUT2D eigenvalue weighted by molar-refractivity contribution is 0.0434. The second kappa shape index (κ2) is 8.62. The molecule has 3 aromatic rings. The van der Waals surface area contributed by atoms with E-state index in [4.69, 9.17) is 35.0 Å². The lowest BCUT2D eigenvalue weighted by atomic mass is 10.1. The van der Waals surface area contributed by atoms with Gasteiger partial charge in [-0.15, -0.1) is 10.2 Å². The average molecular weight is 405 g/mol. The van der Waals surface area contributed by atoms with Crippen LogP contribution in [0.5, 0.6) is 17.2 Å². The summed E-state index contributed by atoms with van der Waals surface area (Å²) in [5, 5.41) is 8.42. The van der Waals surface area contributed by atoms with Gasteiger partial charge in [0.2, 0.25) is 11.6 Å². The van der Waals surface area contributed by atoms with Crippen LogP contribution in [0.4, 0.5) is 0 Å². The molecule has 0 aliphatic rings. The molecule has 0 N–H and O–H groups in total. The Kier molecular flexibility index (Phi) is 6.00. The summed E-state index contributed by atoms with van der Waals surface area (Å²) in [6.07, 6.45) is 0. The Bertz CT molecular complexity index is 971. The Morgan fingerprint density at radius 3 is 2.32 bits per heavy atom. The molecule has 0 unspecified atom stereocenters. The van der Waals surface area contributed by atoms with Crippen LogP contribution in [-0.4, -0.2) is 37.5 Å². The Morgan fingerprint density at radius 1 is 0.964 bits per heavy atom. The number of carbonyl (C=O) groups is 1. The van der Waals surface area contributed by atoms with Gasteiger partial charge in [-0.25, -0.2) is 4.79 Å². The maximum atomic E-state index is 12.5. The summed E-state index contributed by atoms with van der Waals surface area (Å²) in [6, 6.07) is 10.0. The number of ether oxygens (including phenoxy) is 4. The number of halogens is 1. The fourth-order valence-electron chi connectivity index (χ4n) is 2.49. The topological polar surface area (TPSA) is 92.9 Å². The lowest BCUT2D eigenvalue weighted by Gasteiger charge is -2.14. The third-order valence-corrected chi connectivity index (χ3v) is 4.06. The van der Waals surface area contributed by atoms with Crippen LogP contribution in [0.2, 0.25) is 5.02 Å². The Hall–Kier alpha value is -3.26. The SMILES string of the molecule is COc1ccc(C(=O)OCc2nnc(-c3ccc(Cl)cc3)o2)c(OC)c1OC. The maximum absolute atomic E-state index is 12.5. The van der Waals surface area contributed by atoms with Crippen molar-refractivity contribution in [1.29, 1.82) is 0 Å². The molecular weight excluding hydrogens is 388 g/mol. The van der Waals surface area contributed by atoms with Crippen LogP contribution < -0.4 is 14.2 Å². The van der Waals surface area contributed by atoms with Crippen molar-refractivity contribution in [1.82, 2.24) is 10.2 Å². The lowest BCUT2D eigenvalue weighted by Crippen LogP contribution is -2.09. The average Bonchev–Trinajstić information content (AvgIpc) is 3.20. The van der Waals surface area contributed by atoms with Crippen LogP contribution in [0.15, 0.2) is 40.8 Å². The molecule has 0 fully saturated rings. The number of aromatic nitrogens is 2. The molecule has 0 radical (unpaired) electrons. The predicted molar refractivity (Wildman–Crippen MR) is 100.0 cm³/mol. The first kappa shape index (κ1) is 19.5. The number of esters is 1. The monoisotopic (exact) mass is 404 g/mol. The van der Waals surface area contributed by atoms with Gasteiger partial charge in [-0.05, 0) is 36.4 Å². The van der Waals surface area contributed by atoms with E-state index in [1.165, 1.54) is 27.4 Å². The standard InChI is InChI=1S/C19H17ClN2O6/c1-24-14-9-8-13(16(25-2)17(14)26-3)19(23)27-10-15-21-22-18(28-15)11-4-6-12(20)7-5-11/h4-9H,10H2,1-3H3. The second-order valence-electron chi connectivity index (χ2n) is 5.47. The van der Waals surface area contributed by atoms with Gasteiger partial charge in [-0.3, -0.25) is 0 Å². The minimum atomic E-state index is -0.635. The highest BCUT2D eigenvalue weighted by atomic mass is 35.5. The molecular formula is C19H17ClN2O6. The van der Waals surface area contributed by atoms with Crippen molar-refractivity contribution in [2.75, 3.05) is 21.3 Å². The Morgan fingerprint density at radius 2 is 1.68 bits per heavy atom. The van der Waals surface area contributed by atoms with Crippen LogP contribution in [0.1, 0.15) is 16.2 Å². The van der Waals surface area contributed by atoms with E-state index in [1.807, 2.05) is 0 Å². The molecule has 1 heterocycles. The normalized spacial score (nSPS) is 10.4. The number of carbonyl (C=O) groups excluding carboxylic acids is 1. The largest absolute Gasteiger partial charge is 0.493 e. The fraction of sp³-hybridized carbons (Fsp3) is 0.211. The summed E-state index contributed by atoms with van der Waals surface area (Å²) < 4.78 is 26.5. The van der Waals surface area contributed by atoms with E-state index in [0.717, 1.165) is 0 Å². The van der Waals surface area contributed by atoms with E-state index in [2.05, 4.69) is 10.2 Å². The van der Waals surface area contributed by atoms with Crippen LogP contribution >= 0.6 is 11.6 Å². The third kappa shape index (κ3) is 4.01. The Labute approximate surface area is 165 Å². The zero-order valence-electron chi connectivity index (χ0n) is 15.4. The minimum absolute atomic E-state index is 0.151. The molecule has 3 rings (SSSR count). The van der Waals surface area contributed by atoms with Crippen LogP contribution in [0.3, 0.4) is 0 Å². The molecule has 2 aromatic carbocycles. The van der Waals surface area contributed by atoms with Crippen LogP contribution in [0.25, 0.3) is 11.5 Å². The summed E-state index contributed by atoms with van der Waals surface area (Å²) >= 11 is 5.86. The summed E-state index contributed by atoms with van der Waals surface area (Å²) in [4.78, 5) is 12.5. The molecule has 28 heavy (non-hydrogen) atoms. The van der Waals surface area contributed by atoms with Gasteiger partial charge in [-0.1, -0.05) is 11.6 Å². The number of hydrogen-bond donors (Lipinski definition) is 0. The summed E-state index contributed by atoms with van der Waals surface area (Å²) in [5.41, 5.74) is 0.883. The minimum Gasteiger partial charge on any atom is -0.493 e. The molecule has 0 amide bonds. The number of hydrogen-bond acceptors (Lipinski definition) is 8. The molecule has 0 atom stereocenters. The van der Waals surface area contributed by atoms with Crippen molar-refractivity contribution >= 4 is 17.6 Å². The highest BCUT2D eigenvalue weighted by Crippen LogP contribution is 2.40. The maximum Gasteiger partial charge on any atom is 0.342 e. The van der Waals surface area contributed by atoms with Gasteiger partial charge in [-0.2, -0.15) is 0 Å². The van der Waals surface area contributed by atoms with Gasteiger partial charge in [0, 0.05) is 10.6 Å². The summed E-state index contributed by atoms with van der Waals surface area (Å²) in [5.74, 6) is 0.745. The zero-order chi connectivity index (χ0) is 20.1. The van der Waals surface area contributed by atoms with Crippen molar-refractivity contribution in [3.8, 4) is 28.7 Å². The molecule has 0 aliphatic heterocycles. The molecule has 0 spiro atoms. The first-order chi connectivity index (χ1) is 13.6. The van der Waals surface area contributed by atoms with Gasteiger partial charge >= 0.3 is 5.97 Å². The van der Waals surface area contributed by atoms with E-state index in [9.17, 15) is 4.79 Å². The van der Waals surface area contributed by atoms with E-state index < -0.39 is 5.97 Å². The zero-order valence-corrected chi connectivity index (χ0v) is 16.1. The van der Waals surface area contributed by atoms with E-state index in [0.29, 0.717) is 28.0 Å². The van der Waals surface area contributed by atoms with Crippen LogP contribution in [0, 0.1) is 0 Å². The van der Waals surface area contributed by atoms with Crippen molar-refractivity contribution in [3.63, 3.8) is 0 Å². The smallest absolute Gasteiger partial charge is 0.342 e. The first-order valence-corrected chi connectivity index (χ1v) is 8.49. The highest BCUT2D eigenvalue weighted by molar-refractivity contribution is 6.30. The third-order valence-electron chi connectivity index (χ3n) is 3.81. The fourth-order valence-corrected chi connectivity index (χ4v) is 2.61. The van der Waals surface area contributed by atoms with E-state index >= 15 is 0 Å². The van der Waals surface area contributed by atoms with Gasteiger partial charge in [0.1, 0.15) is 5.56 Å². The summed E-state index contributed by atoms with van der Waals surface area (Å²) in [6.45, 7) is -0.197. The van der Waals surface area contributed by atoms with E-state index in [1.54, 1.807) is 30.3 Å². The Balaban J connectivity index is 1.73. The van der Waals surface area contributed by atoms with Crippen molar-refractivity contribution in [2.24, 2.45) is 0 Å². The molecule has 1 aromatic heterocycles. The number of benzene rings is 2. The van der Waals surface area contributed by atoms with Gasteiger partial charge < -0.3 is 23.4 Å². The highest BCUT2D eigenvalue weighted by Gasteiger charge is 2.22. The molecule has 146 valence electrons. The molecule has 0 saturated heterocycles. The van der Waals surface area contributed by atoms with Crippen molar-refractivity contribution in [2.45, 2.75) is 6.61 Å². The first-order valence-electron chi connectivity index (χ1n) is 8.11. The number of rotatable bonds is 7. The van der Waals surface area contributed by atoms with Crippen molar-refractivity contribution < 1.29 is 28.2 Å². The van der Waals surface area contributed by atoms with E-state index in [-0.39, 0.29) is 23.8 Å². The molecule has 0 bridgehead atoms. The molecule has 8 nitrogen and oxygen atoms in total. The quantitative estimate of drug-likeness (QED) is 0.549. The van der Waals surface area contributed by atoms with Crippen molar-refractivity contribution in [3.05, 3.63) is 52.9 Å². The van der Waals surface area contributed by atoms with Gasteiger partial charge in [0.05, 0.1) is 21.3 Å². The molecule has 0 saturated carbocycles.